The number of halogens is 1. The van der Waals surface area contributed by atoms with E-state index in [2.05, 4.69) is 5.32 Å². The fourth-order valence-corrected chi connectivity index (χ4v) is 3.48. The summed E-state index contributed by atoms with van der Waals surface area (Å²) < 4.78 is 11.1. The molecule has 1 atom stereocenters. The van der Waals surface area contributed by atoms with Gasteiger partial charge in [0.15, 0.2) is 11.5 Å². The van der Waals surface area contributed by atoms with Crippen molar-refractivity contribution in [2.75, 3.05) is 25.1 Å². The topological polar surface area (TPSA) is 50.8 Å². The van der Waals surface area contributed by atoms with Crippen molar-refractivity contribution in [3.8, 4) is 11.5 Å². The average Bonchev–Trinajstić information content (AvgIpc) is 3.12. The number of nitrogens with zero attached hydrogens (tertiary/aromatic N) is 1. The lowest BCUT2D eigenvalue weighted by Crippen LogP contribution is -2.34. The van der Waals surface area contributed by atoms with Crippen molar-refractivity contribution in [3.63, 3.8) is 0 Å². The van der Waals surface area contributed by atoms with Crippen LogP contribution < -0.4 is 14.8 Å². The molecule has 2 amide bonds. The molecule has 1 fully saturated rings. The first kappa shape index (κ1) is 16.1. The summed E-state index contributed by atoms with van der Waals surface area (Å²) in [5.74, 6) is 1.38. The van der Waals surface area contributed by atoms with E-state index in [0.717, 1.165) is 24.9 Å². The van der Waals surface area contributed by atoms with Crippen LogP contribution in [0.15, 0.2) is 42.5 Å². The molecule has 1 saturated heterocycles. The van der Waals surface area contributed by atoms with Gasteiger partial charge in [0.25, 0.3) is 0 Å². The van der Waals surface area contributed by atoms with Crippen molar-refractivity contribution < 1.29 is 14.3 Å². The minimum absolute atomic E-state index is 0.0782. The van der Waals surface area contributed by atoms with Crippen molar-refractivity contribution >= 4 is 23.3 Å². The number of rotatable bonds is 2. The molecule has 1 N–H and O–H groups in total. The van der Waals surface area contributed by atoms with Crippen LogP contribution in [-0.2, 0) is 0 Å². The molecule has 0 spiro atoms. The molecule has 2 aromatic rings. The molecular formula is C19H19ClN2O3. The Morgan fingerprint density at radius 1 is 1.08 bits per heavy atom. The van der Waals surface area contributed by atoms with E-state index in [1.165, 1.54) is 0 Å². The van der Waals surface area contributed by atoms with Gasteiger partial charge >= 0.3 is 6.03 Å². The van der Waals surface area contributed by atoms with E-state index in [9.17, 15) is 4.79 Å². The van der Waals surface area contributed by atoms with E-state index in [-0.39, 0.29) is 12.1 Å². The molecule has 1 unspecified atom stereocenters. The molecular weight excluding hydrogens is 340 g/mol. The molecule has 0 bridgehead atoms. The largest absolute Gasteiger partial charge is 0.486 e. The van der Waals surface area contributed by atoms with Gasteiger partial charge < -0.3 is 19.7 Å². The number of hydrogen-bond acceptors (Lipinski definition) is 3. The third kappa shape index (κ3) is 3.37. The smallest absolute Gasteiger partial charge is 0.322 e. The minimum Gasteiger partial charge on any atom is -0.486 e. The van der Waals surface area contributed by atoms with Gasteiger partial charge in [-0.3, -0.25) is 0 Å². The second kappa shape index (κ2) is 6.84. The van der Waals surface area contributed by atoms with Gasteiger partial charge in [0, 0.05) is 23.3 Å². The standard InChI is InChI=1S/C19H19ClN2O3/c20-14-5-3-13(4-6-14)16-2-1-9-22(16)19(23)21-15-7-8-17-18(12-15)25-11-10-24-17/h3-8,12,16H,1-2,9-11H2,(H,21,23). The fraction of sp³-hybridized carbons (Fsp3) is 0.316. The van der Waals surface area contributed by atoms with Gasteiger partial charge in [0.05, 0.1) is 6.04 Å². The number of carbonyl (C=O) groups is 1. The van der Waals surface area contributed by atoms with Crippen LogP contribution in [0.25, 0.3) is 0 Å². The van der Waals surface area contributed by atoms with Crippen LogP contribution in [0.5, 0.6) is 11.5 Å². The predicted molar refractivity (Wildman–Crippen MR) is 96.6 cm³/mol. The van der Waals surface area contributed by atoms with Crippen molar-refractivity contribution in [1.82, 2.24) is 4.90 Å². The molecule has 0 radical (unpaired) electrons. The van der Waals surface area contributed by atoms with Gasteiger partial charge in [0.2, 0.25) is 0 Å². The predicted octanol–water partition coefficient (Wildman–Crippen LogP) is 4.48. The van der Waals surface area contributed by atoms with Crippen LogP contribution in [0.4, 0.5) is 10.5 Å². The number of benzene rings is 2. The average molecular weight is 359 g/mol. The molecule has 5 nitrogen and oxygen atoms in total. The molecule has 0 aromatic heterocycles. The van der Waals surface area contributed by atoms with Gasteiger partial charge in [-0.1, -0.05) is 23.7 Å². The van der Waals surface area contributed by atoms with Gasteiger partial charge in [-0.25, -0.2) is 4.79 Å². The summed E-state index contributed by atoms with van der Waals surface area (Å²) in [7, 11) is 0. The Morgan fingerprint density at radius 3 is 2.64 bits per heavy atom. The zero-order valence-corrected chi connectivity index (χ0v) is 14.5. The van der Waals surface area contributed by atoms with Crippen molar-refractivity contribution in [3.05, 3.63) is 53.1 Å². The SMILES string of the molecule is O=C(Nc1ccc2c(c1)OCCO2)N1CCCC1c1ccc(Cl)cc1. The maximum absolute atomic E-state index is 12.8. The number of nitrogens with one attached hydrogen (secondary N) is 1. The van der Waals surface area contributed by atoms with Crippen LogP contribution >= 0.6 is 11.6 Å². The summed E-state index contributed by atoms with van der Waals surface area (Å²) in [6.07, 6.45) is 1.94. The Hall–Kier alpha value is -2.40. The van der Waals surface area contributed by atoms with E-state index < -0.39 is 0 Å². The summed E-state index contributed by atoms with van der Waals surface area (Å²) in [5.41, 5.74) is 1.82. The van der Waals surface area contributed by atoms with E-state index in [4.69, 9.17) is 21.1 Å². The van der Waals surface area contributed by atoms with Gasteiger partial charge in [-0.05, 0) is 42.7 Å². The highest BCUT2D eigenvalue weighted by atomic mass is 35.5. The quantitative estimate of drug-likeness (QED) is 0.861. The first-order chi connectivity index (χ1) is 12.2. The molecule has 4 rings (SSSR count). The van der Waals surface area contributed by atoms with E-state index in [1.54, 1.807) is 6.07 Å². The zero-order chi connectivity index (χ0) is 17.2. The molecule has 25 heavy (non-hydrogen) atoms. The molecule has 130 valence electrons. The van der Waals surface area contributed by atoms with Crippen LogP contribution in [0.1, 0.15) is 24.4 Å². The summed E-state index contributed by atoms with van der Waals surface area (Å²) in [6, 6.07) is 13.1. The zero-order valence-electron chi connectivity index (χ0n) is 13.7. The maximum atomic E-state index is 12.8. The summed E-state index contributed by atoms with van der Waals surface area (Å²) in [6.45, 7) is 1.81. The Labute approximate surface area is 151 Å². The highest BCUT2D eigenvalue weighted by Gasteiger charge is 2.30. The number of hydrogen-bond donors (Lipinski definition) is 1. The van der Waals surface area contributed by atoms with E-state index >= 15 is 0 Å². The third-order valence-electron chi connectivity index (χ3n) is 4.56. The Kier molecular flexibility index (Phi) is 4.40. The van der Waals surface area contributed by atoms with Crippen LogP contribution in [-0.4, -0.2) is 30.7 Å². The van der Waals surface area contributed by atoms with Crippen LogP contribution in [0.3, 0.4) is 0 Å². The second-order valence-electron chi connectivity index (χ2n) is 6.19. The van der Waals surface area contributed by atoms with Crippen LogP contribution in [0.2, 0.25) is 5.02 Å². The highest BCUT2D eigenvalue weighted by molar-refractivity contribution is 6.30. The van der Waals surface area contributed by atoms with Crippen molar-refractivity contribution in [2.24, 2.45) is 0 Å². The summed E-state index contributed by atoms with van der Waals surface area (Å²) in [5, 5.41) is 3.67. The highest BCUT2D eigenvalue weighted by Crippen LogP contribution is 2.35. The Morgan fingerprint density at radius 2 is 1.84 bits per heavy atom. The van der Waals surface area contributed by atoms with Gasteiger partial charge in [-0.2, -0.15) is 0 Å². The van der Waals surface area contributed by atoms with E-state index in [1.807, 2.05) is 41.3 Å². The third-order valence-corrected chi connectivity index (χ3v) is 4.81. The second-order valence-corrected chi connectivity index (χ2v) is 6.63. The number of ether oxygens (including phenoxy) is 2. The van der Waals surface area contributed by atoms with Crippen molar-refractivity contribution in [1.29, 1.82) is 0 Å². The maximum Gasteiger partial charge on any atom is 0.322 e. The summed E-state index contributed by atoms with van der Waals surface area (Å²) >= 11 is 5.97. The number of urea groups is 1. The monoisotopic (exact) mass is 358 g/mol. The molecule has 2 aliphatic rings. The normalized spacial score (nSPS) is 18.9. The number of fused-ring (bicyclic) bond motifs is 1. The van der Waals surface area contributed by atoms with Crippen molar-refractivity contribution in [2.45, 2.75) is 18.9 Å². The molecule has 6 heteroatoms. The molecule has 2 aliphatic heterocycles. The molecule has 2 heterocycles. The lowest BCUT2D eigenvalue weighted by atomic mass is 10.1. The lowest BCUT2D eigenvalue weighted by molar-refractivity contribution is 0.171. The Balaban J connectivity index is 1.49. The number of amides is 2. The van der Waals surface area contributed by atoms with Gasteiger partial charge in [-0.15, -0.1) is 0 Å². The molecule has 0 aliphatic carbocycles. The number of carbonyl (C=O) groups excluding carboxylic acids is 1. The number of likely N-dealkylation sites (tertiary alicyclic amines) is 1. The van der Waals surface area contributed by atoms with Crippen LogP contribution in [0, 0.1) is 0 Å². The van der Waals surface area contributed by atoms with E-state index in [0.29, 0.717) is 35.4 Å². The Bertz CT molecular complexity index is 779. The first-order valence-corrected chi connectivity index (χ1v) is 8.81. The lowest BCUT2D eigenvalue weighted by Gasteiger charge is -2.26. The van der Waals surface area contributed by atoms with Gasteiger partial charge in [0.1, 0.15) is 13.2 Å². The fourth-order valence-electron chi connectivity index (χ4n) is 3.36. The first-order valence-electron chi connectivity index (χ1n) is 8.43. The number of anilines is 1. The minimum atomic E-state index is -0.103. The molecule has 0 saturated carbocycles. The molecule has 2 aromatic carbocycles. The summed E-state index contributed by atoms with van der Waals surface area (Å²) in [4.78, 5) is 14.6.